The number of methoxy groups -OCH3 is 1. The van der Waals surface area contributed by atoms with Crippen molar-refractivity contribution >= 4 is 23.6 Å². The summed E-state index contributed by atoms with van der Waals surface area (Å²) < 4.78 is 4.65. The summed E-state index contributed by atoms with van der Waals surface area (Å²) in [7, 11) is 1.29. The van der Waals surface area contributed by atoms with Gasteiger partial charge in [-0.2, -0.15) is 0 Å². The highest BCUT2D eigenvalue weighted by Crippen LogP contribution is 2.39. The Morgan fingerprint density at radius 2 is 2.19 bits per heavy atom. The molecule has 2 aliphatic heterocycles. The van der Waals surface area contributed by atoms with Gasteiger partial charge >= 0.3 is 5.97 Å². The van der Waals surface area contributed by atoms with Gasteiger partial charge in [-0.05, 0) is 0 Å². The van der Waals surface area contributed by atoms with Crippen LogP contribution in [0, 0.1) is 0 Å². The van der Waals surface area contributed by atoms with Crippen molar-refractivity contribution in [2.24, 2.45) is 11.5 Å². The first kappa shape index (κ1) is 10.9. The van der Waals surface area contributed by atoms with Gasteiger partial charge in [0.05, 0.1) is 29.2 Å². The monoisotopic (exact) mass is 241 g/mol. The molecule has 0 aromatic carbocycles. The Morgan fingerprint density at radius 3 is 2.81 bits per heavy atom. The molecule has 0 atom stereocenters. The Morgan fingerprint density at radius 1 is 1.50 bits per heavy atom. The number of hydrogen-bond donors (Lipinski definition) is 2. The Kier molecular flexibility index (Phi) is 2.55. The van der Waals surface area contributed by atoms with E-state index in [4.69, 9.17) is 11.5 Å². The molecule has 0 aromatic heterocycles. The first-order chi connectivity index (χ1) is 7.56. The maximum absolute atomic E-state index is 11.6. The van der Waals surface area contributed by atoms with Crippen LogP contribution in [0.1, 0.15) is 6.42 Å². The van der Waals surface area contributed by atoms with Crippen LogP contribution in [-0.4, -0.2) is 29.6 Å². The molecule has 1 saturated heterocycles. The van der Waals surface area contributed by atoms with Crippen molar-refractivity contribution in [1.82, 2.24) is 4.90 Å². The Balaban J connectivity index is 2.47. The lowest BCUT2D eigenvalue weighted by molar-refractivity contribution is -0.136. The van der Waals surface area contributed by atoms with Crippen molar-refractivity contribution in [3.63, 3.8) is 0 Å². The molecular weight excluding hydrogens is 230 g/mol. The van der Waals surface area contributed by atoms with Crippen molar-refractivity contribution in [2.75, 3.05) is 12.9 Å². The molecule has 0 radical (unpaired) electrons. The van der Waals surface area contributed by atoms with Crippen molar-refractivity contribution in [3.8, 4) is 0 Å². The zero-order valence-electron chi connectivity index (χ0n) is 8.65. The van der Waals surface area contributed by atoms with Crippen LogP contribution < -0.4 is 11.5 Å². The van der Waals surface area contributed by atoms with Crippen molar-refractivity contribution in [2.45, 2.75) is 6.42 Å². The molecule has 1 fully saturated rings. The lowest BCUT2D eigenvalue weighted by atomic mass is 10.1. The minimum atomic E-state index is -0.474. The quantitative estimate of drug-likeness (QED) is 0.597. The minimum Gasteiger partial charge on any atom is -0.466 e. The van der Waals surface area contributed by atoms with E-state index in [-0.39, 0.29) is 23.9 Å². The van der Waals surface area contributed by atoms with Gasteiger partial charge in [0, 0.05) is 6.42 Å². The molecule has 0 saturated carbocycles. The van der Waals surface area contributed by atoms with E-state index in [2.05, 4.69) is 4.74 Å². The fraction of sp³-hybridized carbons (Fsp3) is 0.333. The molecule has 0 aliphatic carbocycles. The minimum absolute atomic E-state index is 0.165. The van der Waals surface area contributed by atoms with Gasteiger partial charge in [-0.15, -0.1) is 0 Å². The van der Waals surface area contributed by atoms with E-state index < -0.39 is 5.97 Å². The fourth-order valence-corrected chi connectivity index (χ4v) is 2.67. The number of carbonyl (C=O) groups is 2. The normalized spacial score (nSPS) is 20.3. The van der Waals surface area contributed by atoms with Gasteiger partial charge in [0.2, 0.25) is 5.91 Å². The second-order valence-corrected chi connectivity index (χ2v) is 4.34. The predicted octanol–water partition coefficient (Wildman–Crippen LogP) is -0.563. The molecule has 0 unspecified atom stereocenters. The molecule has 0 spiro atoms. The maximum Gasteiger partial charge on any atom is 0.336 e. The molecule has 2 rings (SSSR count). The average Bonchev–Trinajstić information content (AvgIpc) is 2.65. The third kappa shape index (κ3) is 1.44. The Bertz CT molecular complexity index is 441. The molecule has 0 aromatic rings. The SMILES string of the molecule is COC(=O)C1=C2SCC(=O)N2C(N)=C(N)C1. The molecule has 2 heterocycles. The van der Waals surface area contributed by atoms with Crippen LogP contribution in [0.25, 0.3) is 0 Å². The summed E-state index contributed by atoms with van der Waals surface area (Å²) in [6.45, 7) is 0. The van der Waals surface area contributed by atoms with Crippen molar-refractivity contribution in [1.29, 1.82) is 0 Å². The molecule has 0 bridgehead atoms. The maximum atomic E-state index is 11.6. The van der Waals surface area contributed by atoms with Gasteiger partial charge in [0.25, 0.3) is 0 Å². The smallest absolute Gasteiger partial charge is 0.336 e. The lowest BCUT2D eigenvalue weighted by Crippen LogP contribution is -2.36. The lowest BCUT2D eigenvalue weighted by Gasteiger charge is -2.26. The summed E-state index contributed by atoms with van der Waals surface area (Å²) in [4.78, 5) is 24.4. The summed E-state index contributed by atoms with van der Waals surface area (Å²) in [6.07, 6.45) is 0.227. The van der Waals surface area contributed by atoms with Gasteiger partial charge in [-0.3, -0.25) is 9.69 Å². The van der Waals surface area contributed by atoms with Gasteiger partial charge in [0.1, 0.15) is 5.82 Å². The number of hydrogen-bond acceptors (Lipinski definition) is 6. The molecule has 7 heteroatoms. The van der Waals surface area contributed by atoms with Crippen LogP contribution >= 0.6 is 11.8 Å². The van der Waals surface area contributed by atoms with E-state index in [1.54, 1.807) is 0 Å². The number of nitrogens with zero attached hydrogens (tertiary/aromatic N) is 1. The van der Waals surface area contributed by atoms with Gasteiger partial charge in [0.15, 0.2) is 0 Å². The van der Waals surface area contributed by atoms with E-state index in [0.717, 1.165) is 0 Å². The Labute approximate surface area is 96.3 Å². The molecule has 6 nitrogen and oxygen atoms in total. The highest BCUT2D eigenvalue weighted by atomic mass is 32.2. The molecule has 1 amide bonds. The van der Waals surface area contributed by atoms with Crippen LogP contribution in [-0.2, 0) is 14.3 Å². The summed E-state index contributed by atoms with van der Waals surface area (Å²) in [6, 6.07) is 0. The number of ether oxygens (including phenoxy) is 1. The van der Waals surface area contributed by atoms with Crippen LogP contribution in [0.4, 0.5) is 0 Å². The third-order valence-electron chi connectivity index (χ3n) is 2.41. The molecular formula is C9H11N3O3S. The highest BCUT2D eigenvalue weighted by molar-refractivity contribution is 8.04. The largest absolute Gasteiger partial charge is 0.466 e. The zero-order chi connectivity index (χ0) is 11.9. The first-order valence-corrected chi connectivity index (χ1v) is 5.56. The van der Waals surface area contributed by atoms with Crippen molar-refractivity contribution in [3.05, 3.63) is 22.1 Å². The topological polar surface area (TPSA) is 98.7 Å². The summed E-state index contributed by atoms with van der Waals surface area (Å²) in [5, 5.41) is 0.545. The fourth-order valence-electron chi connectivity index (χ4n) is 1.62. The molecule has 4 N–H and O–H groups in total. The molecule has 16 heavy (non-hydrogen) atoms. The zero-order valence-corrected chi connectivity index (χ0v) is 9.47. The summed E-state index contributed by atoms with van der Waals surface area (Å²) >= 11 is 1.28. The van der Waals surface area contributed by atoms with Crippen LogP contribution in [0.15, 0.2) is 22.1 Å². The standard InChI is InChI=1S/C9H11N3O3S/c1-15-9(14)4-2-5(10)7(11)12-6(13)3-16-8(4)12/h2-3,10-11H2,1H3. The van der Waals surface area contributed by atoms with Crippen LogP contribution in [0.2, 0.25) is 0 Å². The van der Waals surface area contributed by atoms with E-state index >= 15 is 0 Å². The number of fused-ring (bicyclic) bond motifs is 1. The number of rotatable bonds is 1. The second-order valence-electron chi connectivity index (χ2n) is 3.38. The first-order valence-electron chi connectivity index (χ1n) is 4.57. The van der Waals surface area contributed by atoms with E-state index in [0.29, 0.717) is 16.3 Å². The number of carbonyl (C=O) groups excluding carboxylic acids is 2. The average molecular weight is 241 g/mol. The predicted molar refractivity (Wildman–Crippen MR) is 58.4 cm³/mol. The van der Waals surface area contributed by atoms with Gasteiger partial charge in [-0.25, -0.2) is 4.79 Å². The van der Waals surface area contributed by atoms with E-state index in [1.807, 2.05) is 0 Å². The second kappa shape index (κ2) is 3.75. The van der Waals surface area contributed by atoms with Gasteiger partial charge in [-0.1, -0.05) is 11.8 Å². The van der Waals surface area contributed by atoms with Gasteiger partial charge < -0.3 is 16.2 Å². The highest BCUT2D eigenvalue weighted by Gasteiger charge is 2.37. The number of amides is 1. The summed E-state index contributed by atoms with van der Waals surface area (Å²) in [5.74, 6) is -0.152. The number of thioether (sulfide) groups is 1. The number of nitrogens with two attached hydrogens (primary N) is 2. The van der Waals surface area contributed by atoms with E-state index in [1.165, 1.54) is 23.8 Å². The number of allylic oxidation sites excluding steroid dienone is 1. The summed E-state index contributed by atoms with van der Waals surface area (Å²) in [5.41, 5.74) is 12.1. The van der Waals surface area contributed by atoms with E-state index in [9.17, 15) is 9.59 Å². The van der Waals surface area contributed by atoms with Crippen molar-refractivity contribution < 1.29 is 14.3 Å². The van der Waals surface area contributed by atoms with Crippen LogP contribution in [0.3, 0.4) is 0 Å². The Hall–Kier alpha value is -1.63. The van der Waals surface area contributed by atoms with Crippen LogP contribution in [0.5, 0.6) is 0 Å². The molecule has 86 valence electrons. The number of esters is 1. The third-order valence-corrected chi connectivity index (χ3v) is 3.51. The molecule has 2 aliphatic rings.